The molecule has 8 aromatic rings. The molecule has 8 aromatic heterocycles. The van der Waals surface area contributed by atoms with Crippen molar-refractivity contribution in [3.63, 3.8) is 0 Å². The Morgan fingerprint density at radius 1 is 0.642 bits per heavy atom. The van der Waals surface area contributed by atoms with E-state index in [9.17, 15) is 0 Å². The fourth-order valence-electron chi connectivity index (χ4n) is 5.19. The van der Waals surface area contributed by atoms with E-state index in [1.165, 1.54) is 12.7 Å². The van der Waals surface area contributed by atoms with Crippen molar-refractivity contribution < 1.29 is 50.3 Å². The van der Waals surface area contributed by atoms with Crippen molar-refractivity contribution in [1.82, 2.24) is 59.0 Å². The van der Waals surface area contributed by atoms with Crippen molar-refractivity contribution in [3.05, 3.63) is 87.0 Å². The van der Waals surface area contributed by atoms with Crippen molar-refractivity contribution in [2.45, 2.75) is 26.9 Å². The second kappa shape index (κ2) is 18.2. The third kappa shape index (κ3) is 8.71. The molecule has 53 heavy (non-hydrogen) atoms. The molecule has 0 spiro atoms. The van der Waals surface area contributed by atoms with Crippen LogP contribution < -0.4 is 60.1 Å². The van der Waals surface area contributed by atoms with Crippen LogP contribution in [0.5, 0.6) is 5.88 Å². The molecule has 0 saturated heterocycles. The van der Waals surface area contributed by atoms with Crippen molar-refractivity contribution in [2.24, 2.45) is 0 Å². The molecular weight excluding hydrogens is 811 g/mol. The van der Waals surface area contributed by atoms with Gasteiger partial charge in [-0.3, -0.25) is 0 Å². The number of pyridine rings is 2. The Kier molecular flexibility index (Phi) is 13.8. The van der Waals surface area contributed by atoms with Crippen LogP contribution in [0.3, 0.4) is 0 Å². The molecule has 0 unspecified atom stereocenters. The molecule has 0 aromatic carbocycles. The first kappa shape index (κ1) is 40.1. The summed E-state index contributed by atoms with van der Waals surface area (Å²) in [5.74, 6) is 2.12. The Morgan fingerprint density at radius 2 is 1.13 bits per heavy atom. The number of fused-ring (bicyclic) bond motifs is 3. The molecule has 0 atom stereocenters. The van der Waals surface area contributed by atoms with Crippen molar-refractivity contribution >= 4 is 44.9 Å². The summed E-state index contributed by atoms with van der Waals surface area (Å²) in [5, 5.41) is 0. The van der Waals surface area contributed by atoms with Gasteiger partial charge in [0.25, 0.3) is 0 Å². The lowest BCUT2D eigenvalue weighted by atomic mass is 10.3. The molecule has 0 amide bonds. The van der Waals surface area contributed by atoms with Crippen LogP contribution in [0, 0.1) is 0 Å². The summed E-state index contributed by atoms with van der Waals surface area (Å²) in [6.45, 7) is 5.80. The average Bonchev–Trinajstić information content (AvgIpc) is 3.93. The Hall–Kier alpha value is -5.63. The SMILES string of the molecule is CCn1cnc2c(-[n+]3ccc(N(C)C)cc3)ncnc21.CCn1cnc2c(OC)ncnc21.CN(C)c1cc[n+](-c2ncnc3nc[nH]c23)cc1.[Cl-].[I-]. The molecule has 0 aliphatic carbocycles. The number of methoxy groups -OCH3 is 1. The molecule has 17 nitrogen and oxygen atoms in total. The lowest BCUT2D eigenvalue weighted by Gasteiger charge is -2.11. The van der Waals surface area contributed by atoms with Gasteiger partial charge in [0, 0.05) is 76.9 Å². The zero-order valence-corrected chi connectivity index (χ0v) is 33.3. The van der Waals surface area contributed by atoms with Crippen LogP contribution in [0.25, 0.3) is 45.1 Å². The second-order valence-electron chi connectivity index (χ2n) is 11.5. The van der Waals surface area contributed by atoms with Crippen LogP contribution in [-0.4, -0.2) is 94.3 Å². The molecule has 0 aliphatic rings. The van der Waals surface area contributed by atoms with E-state index in [4.69, 9.17) is 4.74 Å². The van der Waals surface area contributed by atoms with Gasteiger partial charge in [0.1, 0.15) is 6.33 Å². The smallest absolute Gasteiger partial charge is 0.359 e. The van der Waals surface area contributed by atoms with Gasteiger partial charge < -0.3 is 65.0 Å². The summed E-state index contributed by atoms with van der Waals surface area (Å²) in [6, 6.07) is 8.16. The molecule has 8 rings (SSSR count). The van der Waals surface area contributed by atoms with Gasteiger partial charge >= 0.3 is 11.6 Å². The number of rotatable bonds is 7. The van der Waals surface area contributed by atoms with Gasteiger partial charge in [-0.2, -0.15) is 15.0 Å². The standard InChI is InChI=1S/C14H17N6.C12H13N6.C8H10N4O.ClH.HI/c1-4-19-10-17-12-13(19)15-9-16-14(12)20-7-5-11(6-8-20)18(2)3;1-17(2)9-3-5-18(6-4-9)12-10-11(14-7-13-10)15-8-16-12;1-3-12-5-11-6-7(12)9-4-10-8(6)13-2;;/h5-10H,4H2,1-3H3;3-8H,1-2H3,(H,13,14,15,16);4-5H,3H2,1-2H3;2*1H/q2*+1;;;/p-2. The molecule has 19 heteroatoms. The quantitative estimate of drug-likeness (QED) is 0.126. The topological polar surface area (TPSA) is 165 Å². The monoisotopic (exact) mass is 850 g/mol. The largest absolute Gasteiger partial charge is 1.00 e. The number of nitrogens with one attached hydrogen (secondary N) is 1. The zero-order chi connectivity index (χ0) is 35.9. The first-order valence-corrected chi connectivity index (χ1v) is 16.2. The summed E-state index contributed by atoms with van der Waals surface area (Å²) < 4.78 is 12.9. The number of ether oxygens (including phenoxy) is 1. The van der Waals surface area contributed by atoms with Crippen LogP contribution in [0.1, 0.15) is 13.8 Å². The molecule has 0 saturated carbocycles. The third-order valence-corrected chi connectivity index (χ3v) is 7.97. The van der Waals surface area contributed by atoms with E-state index < -0.39 is 0 Å². The highest BCUT2D eigenvalue weighted by atomic mass is 127. The minimum absolute atomic E-state index is 0. The number of aromatic amines is 1. The molecule has 8 heterocycles. The number of anilines is 2. The number of nitrogens with zero attached hydrogens (tertiary/aromatic N) is 15. The summed E-state index contributed by atoms with van der Waals surface area (Å²) in [5.41, 5.74) is 7.00. The zero-order valence-electron chi connectivity index (χ0n) is 30.4. The molecular formula is C34H40ClIN16O. The molecule has 0 fully saturated rings. The van der Waals surface area contributed by atoms with Gasteiger partial charge in [-0.1, -0.05) is 0 Å². The third-order valence-electron chi connectivity index (χ3n) is 7.97. The van der Waals surface area contributed by atoms with E-state index in [1.807, 2.05) is 102 Å². The van der Waals surface area contributed by atoms with E-state index in [-0.39, 0.29) is 36.4 Å². The normalized spacial score (nSPS) is 10.4. The number of hydrogen-bond donors (Lipinski definition) is 1. The Bertz CT molecular complexity index is 2360. The van der Waals surface area contributed by atoms with E-state index >= 15 is 0 Å². The number of aromatic nitrogens is 14. The van der Waals surface area contributed by atoms with Gasteiger partial charge in [-0.15, -0.1) is 0 Å². The lowest BCUT2D eigenvalue weighted by molar-refractivity contribution is -0.598. The van der Waals surface area contributed by atoms with Gasteiger partial charge in [-0.25, -0.2) is 29.1 Å². The molecule has 0 bridgehead atoms. The van der Waals surface area contributed by atoms with Gasteiger partial charge in [0.15, 0.2) is 28.0 Å². The highest BCUT2D eigenvalue weighted by Crippen LogP contribution is 2.18. The number of hydrogen-bond acceptors (Lipinski definition) is 12. The van der Waals surface area contributed by atoms with Crippen LogP contribution in [0.4, 0.5) is 11.4 Å². The fraction of sp³-hybridized carbons (Fsp3) is 0.265. The van der Waals surface area contributed by atoms with Gasteiger partial charge in [-0.05, 0) is 23.8 Å². The number of imidazole rings is 3. The number of aryl methyl sites for hydroxylation is 2. The average molecular weight is 851 g/mol. The maximum absolute atomic E-state index is 5.06. The maximum Gasteiger partial charge on any atom is 0.359 e. The van der Waals surface area contributed by atoms with E-state index in [1.54, 1.807) is 32.4 Å². The first-order valence-electron chi connectivity index (χ1n) is 16.2. The van der Waals surface area contributed by atoms with E-state index in [0.717, 1.165) is 58.4 Å². The minimum Gasteiger partial charge on any atom is -1.00 e. The maximum atomic E-state index is 5.06. The fourth-order valence-corrected chi connectivity index (χ4v) is 5.19. The molecule has 0 radical (unpaired) electrons. The Morgan fingerprint density at radius 3 is 1.68 bits per heavy atom. The van der Waals surface area contributed by atoms with Crippen molar-refractivity contribution in [3.8, 4) is 17.5 Å². The van der Waals surface area contributed by atoms with Crippen LogP contribution >= 0.6 is 0 Å². The summed E-state index contributed by atoms with van der Waals surface area (Å²) >= 11 is 0. The highest BCUT2D eigenvalue weighted by Gasteiger charge is 2.18. The van der Waals surface area contributed by atoms with Crippen LogP contribution in [-0.2, 0) is 13.1 Å². The highest BCUT2D eigenvalue weighted by molar-refractivity contribution is 5.77. The predicted molar refractivity (Wildman–Crippen MR) is 192 cm³/mol. The minimum atomic E-state index is 0. The molecule has 0 aliphatic heterocycles. The van der Waals surface area contributed by atoms with Crippen molar-refractivity contribution in [2.75, 3.05) is 45.1 Å². The number of halogens is 2. The van der Waals surface area contributed by atoms with E-state index in [0.29, 0.717) is 17.0 Å². The molecule has 276 valence electrons. The number of H-pyrrole nitrogens is 1. The second-order valence-corrected chi connectivity index (χ2v) is 11.5. The summed E-state index contributed by atoms with van der Waals surface area (Å²) in [4.78, 5) is 45.1. The lowest BCUT2D eigenvalue weighted by Crippen LogP contribution is -3.00. The van der Waals surface area contributed by atoms with Crippen LogP contribution in [0.2, 0.25) is 0 Å². The molecule has 1 N–H and O–H groups in total. The summed E-state index contributed by atoms with van der Waals surface area (Å²) in [7, 11) is 9.64. The van der Waals surface area contributed by atoms with E-state index in [2.05, 4.69) is 66.6 Å². The van der Waals surface area contributed by atoms with Gasteiger partial charge in [0.05, 0.1) is 50.9 Å². The predicted octanol–water partition coefficient (Wildman–Crippen LogP) is -3.25. The summed E-state index contributed by atoms with van der Waals surface area (Å²) in [6.07, 6.45) is 17.7. The Balaban J connectivity index is 0.000000178. The van der Waals surface area contributed by atoms with Crippen LogP contribution in [0.15, 0.2) is 87.0 Å². The van der Waals surface area contributed by atoms with Gasteiger partial charge in [0.2, 0.25) is 24.1 Å². The Labute approximate surface area is 329 Å². The first-order chi connectivity index (χ1) is 24.8. The van der Waals surface area contributed by atoms with Crippen molar-refractivity contribution in [1.29, 1.82) is 0 Å².